The molecular weight excluding hydrogens is 925 g/mol. The molecule has 0 rings (SSSR count). The van der Waals surface area contributed by atoms with Crippen LogP contribution in [0.1, 0.15) is 406 Å². The Morgan fingerprint density at radius 1 is 0.213 bits per heavy atom. The predicted molar refractivity (Wildman–Crippen MR) is 326 cm³/mol. The van der Waals surface area contributed by atoms with Gasteiger partial charge in [0, 0.05) is 19.3 Å². The molecule has 0 N–H and O–H groups in total. The van der Waals surface area contributed by atoms with Gasteiger partial charge < -0.3 is 14.2 Å². The van der Waals surface area contributed by atoms with Gasteiger partial charge in [-0.05, 0) is 19.3 Å². The maximum Gasteiger partial charge on any atom is 0.306 e. The molecule has 0 amide bonds. The number of carbonyl (C=O) groups is 3. The molecule has 0 fully saturated rings. The Bertz CT molecular complexity index is 1120. The van der Waals surface area contributed by atoms with Crippen LogP contribution >= 0.6 is 0 Å². The molecule has 0 aliphatic rings. The quantitative estimate of drug-likeness (QED) is 0.0343. The first kappa shape index (κ1) is 73.4. The SMILES string of the molecule is CCCCCCCCCCCCCCCCCCCCCCCCCCCCCC(=O)OCC(COC(=O)CCCCCCCCCCCCCC)OC(=O)CCCCCCCCCCCCCCCCCCCC. The van der Waals surface area contributed by atoms with Gasteiger partial charge in [0.2, 0.25) is 0 Å². The van der Waals surface area contributed by atoms with Crippen LogP contribution in [0.4, 0.5) is 0 Å². The van der Waals surface area contributed by atoms with E-state index in [9.17, 15) is 14.4 Å². The Balaban J connectivity index is 4.14. The average Bonchev–Trinajstić information content (AvgIpc) is 3.41. The van der Waals surface area contributed by atoms with E-state index in [2.05, 4.69) is 20.8 Å². The Hall–Kier alpha value is -1.59. The molecule has 6 heteroatoms. The van der Waals surface area contributed by atoms with E-state index in [-0.39, 0.29) is 31.1 Å². The van der Waals surface area contributed by atoms with Crippen molar-refractivity contribution in [3.63, 3.8) is 0 Å². The fourth-order valence-corrected chi connectivity index (χ4v) is 10.9. The second kappa shape index (κ2) is 64.9. The van der Waals surface area contributed by atoms with Crippen molar-refractivity contribution in [2.24, 2.45) is 0 Å². The van der Waals surface area contributed by atoms with Crippen LogP contribution in [-0.2, 0) is 28.6 Å². The molecule has 0 saturated carbocycles. The summed E-state index contributed by atoms with van der Waals surface area (Å²) in [5.74, 6) is -0.823. The number of carbonyl (C=O) groups excluding carboxylic acids is 3. The summed E-state index contributed by atoms with van der Waals surface area (Å²) in [6.45, 7) is 6.73. The molecule has 1 unspecified atom stereocenters. The minimum absolute atomic E-state index is 0.0604. The topological polar surface area (TPSA) is 78.9 Å². The van der Waals surface area contributed by atoms with Crippen LogP contribution in [0.5, 0.6) is 0 Å². The normalized spacial score (nSPS) is 11.9. The van der Waals surface area contributed by atoms with E-state index >= 15 is 0 Å². The summed E-state index contributed by atoms with van der Waals surface area (Å²) in [5.41, 5.74) is 0. The third kappa shape index (κ3) is 63.1. The minimum atomic E-state index is -0.762. The van der Waals surface area contributed by atoms with Gasteiger partial charge in [0.05, 0.1) is 0 Å². The number of esters is 3. The van der Waals surface area contributed by atoms with Crippen molar-refractivity contribution in [2.75, 3.05) is 13.2 Å². The summed E-state index contributed by atoms with van der Waals surface area (Å²) in [6.07, 6.45) is 75.6. The van der Waals surface area contributed by atoms with E-state index in [4.69, 9.17) is 14.2 Å². The lowest BCUT2D eigenvalue weighted by atomic mass is 10.0. The van der Waals surface area contributed by atoms with Gasteiger partial charge in [-0.25, -0.2) is 0 Å². The fraction of sp³-hybridized carbons (Fsp3) is 0.957. The number of hydrogen-bond acceptors (Lipinski definition) is 6. The summed E-state index contributed by atoms with van der Waals surface area (Å²) < 4.78 is 17.0. The Labute approximate surface area is 469 Å². The third-order valence-corrected chi connectivity index (χ3v) is 16.1. The van der Waals surface area contributed by atoms with Crippen LogP contribution in [0.25, 0.3) is 0 Å². The number of hydrogen-bond donors (Lipinski definition) is 0. The van der Waals surface area contributed by atoms with Gasteiger partial charge in [-0.3, -0.25) is 14.4 Å². The second-order valence-corrected chi connectivity index (χ2v) is 23.8. The lowest BCUT2D eigenvalue weighted by Crippen LogP contribution is -2.30. The van der Waals surface area contributed by atoms with Crippen molar-refractivity contribution in [1.82, 2.24) is 0 Å². The van der Waals surface area contributed by atoms with Crippen molar-refractivity contribution < 1.29 is 28.6 Å². The molecule has 0 aromatic rings. The zero-order valence-electron chi connectivity index (χ0n) is 51.4. The van der Waals surface area contributed by atoms with Crippen molar-refractivity contribution in [2.45, 2.75) is 412 Å². The first-order chi connectivity index (χ1) is 37.0. The van der Waals surface area contributed by atoms with Crippen LogP contribution in [0.15, 0.2) is 0 Å². The molecule has 0 radical (unpaired) electrons. The van der Waals surface area contributed by atoms with Crippen LogP contribution in [-0.4, -0.2) is 37.2 Å². The lowest BCUT2D eigenvalue weighted by Gasteiger charge is -2.18. The Morgan fingerprint density at radius 2 is 0.360 bits per heavy atom. The van der Waals surface area contributed by atoms with Crippen LogP contribution in [0.3, 0.4) is 0 Å². The second-order valence-electron chi connectivity index (χ2n) is 23.8. The molecule has 0 heterocycles. The van der Waals surface area contributed by atoms with Crippen molar-refractivity contribution in [3.8, 4) is 0 Å². The standard InChI is InChI=1S/C69H134O6/c1-4-7-10-13-16-19-22-25-27-29-31-32-33-34-35-36-37-38-39-41-42-44-47-50-53-56-59-62-68(71)74-65-66(64-73-67(70)61-58-55-52-49-46-24-21-18-15-12-9-6-3)75-69(72)63-60-57-54-51-48-45-43-40-30-28-26-23-20-17-14-11-8-5-2/h66H,4-65H2,1-3H3. The lowest BCUT2D eigenvalue weighted by molar-refractivity contribution is -0.167. The smallest absolute Gasteiger partial charge is 0.306 e. The summed E-state index contributed by atoms with van der Waals surface area (Å²) >= 11 is 0. The Kier molecular flexibility index (Phi) is 63.6. The molecule has 6 nitrogen and oxygen atoms in total. The predicted octanol–water partition coefficient (Wildman–Crippen LogP) is 23.5. The summed E-state index contributed by atoms with van der Waals surface area (Å²) in [4.78, 5) is 38.3. The third-order valence-electron chi connectivity index (χ3n) is 16.1. The minimum Gasteiger partial charge on any atom is -0.462 e. The first-order valence-electron chi connectivity index (χ1n) is 34.5. The van der Waals surface area contributed by atoms with Gasteiger partial charge in [-0.1, -0.05) is 367 Å². The maximum atomic E-state index is 12.9. The number of unbranched alkanes of at least 4 members (excludes halogenated alkanes) is 54. The fourth-order valence-electron chi connectivity index (χ4n) is 10.9. The largest absolute Gasteiger partial charge is 0.462 e. The number of rotatable bonds is 65. The van der Waals surface area contributed by atoms with E-state index in [1.807, 2.05) is 0 Å². The maximum absolute atomic E-state index is 12.9. The average molecular weight is 1060 g/mol. The van der Waals surface area contributed by atoms with Gasteiger partial charge in [0.1, 0.15) is 13.2 Å². The van der Waals surface area contributed by atoms with Crippen LogP contribution < -0.4 is 0 Å². The molecule has 0 aliphatic heterocycles. The van der Waals surface area contributed by atoms with Gasteiger partial charge in [-0.2, -0.15) is 0 Å². The summed E-state index contributed by atoms with van der Waals surface area (Å²) in [5, 5.41) is 0. The molecule has 0 aromatic heterocycles. The molecular formula is C69H134O6. The van der Waals surface area contributed by atoms with Gasteiger partial charge >= 0.3 is 17.9 Å². The van der Waals surface area contributed by atoms with Gasteiger partial charge in [0.15, 0.2) is 6.10 Å². The molecule has 1 atom stereocenters. The molecule has 0 aliphatic carbocycles. The highest BCUT2D eigenvalue weighted by Gasteiger charge is 2.19. The molecule has 75 heavy (non-hydrogen) atoms. The van der Waals surface area contributed by atoms with Gasteiger partial charge in [-0.15, -0.1) is 0 Å². The molecule has 446 valence electrons. The molecule has 0 saturated heterocycles. The monoisotopic (exact) mass is 1060 g/mol. The van der Waals surface area contributed by atoms with Crippen LogP contribution in [0.2, 0.25) is 0 Å². The zero-order chi connectivity index (χ0) is 54.3. The van der Waals surface area contributed by atoms with Crippen molar-refractivity contribution in [1.29, 1.82) is 0 Å². The van der Waals surface area contributed by atoms with E-state index in [1.54, 1.807) is 0 Å². The zero-order valence-corrected chi connectivity index (χ0v) is 51.4. The van der Waals surface area contributed by atoms with E-state index in [1.165, 1.54) is 308 Å². The highest BCUT2D eigenvalue weighted by atomic mass is 16.6. The number of ether oxygens (including phenoxy) is 3. The Morgan fingerprint density at radius 3 is 0.533 bits per heavy atom. The van der Waals surface area contributed by atoms with E-state index in [0.717, 1.165) is 57.8 Å². The first-order valence-corrected chi connectivity index (χ1v) is 34.5. The highest BCUT2D eigenvalue weighted by molar-refractivity contribution is 5.71. The highest BCUT2D eigenvalue weighted by Crippen LogP contribution is 2.19. The summed E-state index contributed by atoms with van der Waals surface area (Å²) in [6, 6.07) is 0. The van der Waals surface area contributed by atoms with Crippen LogP contribution in [0, 0.1) is 0 Å². The van der Waals surface area contributed by atoms with Crippen molar-refractivity contribution >= 4 is 17.9 Å². The van der Waals surface area contributed by atoms with E-state index < -0.39 is 6.10 Å². The molecule has 0 bridgehead atoms. The molecule has 0 spiro atoms. The van der Waals surface area contributed by atoms with E-state index in [0.29, 0.717) is 19.3 Å². The van der Waals surface area contributed by atoms with Gasteiger partial charge in [0.25, 0.3) is 0 Å². The summed E-state index contributed by atoms with van der Waals surface area (Å²) in [7, 11) is 0. The van der Waals surface area contributed by atoms with Crippen molar-refractivity contribution in [3.05, 3.63) is 0 Å². The molecule has 0 aromatic carbocycles.